The summed E-state index contributed by atoms with van der Waals surface area (Å²) in [7, 11) is -0.911. The van der Waals surface area contributed by atoms with Crippen LogP contribution in [0.5, 0.6) is 0 Å². The monoisotopic (exact) mass is 417 g/mol. The van der Waals surface area contributed by atoms with Gasteiger partial charge in [-0.15, -0.1) is 0 Å². The zero-order chi connectivity index (χ0) is 21.9. The normalized spacial score (nSPS) is 12.7. The predicted molar refractivity (Wildman–Crippen MR) is 118 cm³/mol. The molecule has 0 spiro atoms. The molecule has 1 amide bonds. The van der Waals surface area contributed by atoms with E-state index < -0.39 is 10.2 Å². The summed E-state index contributed by atoms with van der Waals surface area (Å²) in [5.74, 6) is -0.359. The number of carbonyl (C=O) groups excluding carboxylic acids is 1. The van der Waals surface area contributed by atoms with E-state index in [0.29, 0.717) is 5.69 Å². The third-order valence-corrected chi connectivity index (χ3v) is 6.87. The Balaban J connectivity index is 2.30. The Kier molecular flexibility index (Phi) is 7.08. The van der Waals surface area contributed by atoms with E-state index in [1.54, 1.807) is 6.07 Å². The first kappa shape index (κ1) is 22.9. The minimum Gasteiger partial charge on any atom is -0.348 e. The van der Waals surface area contributed by atoms with Crippen molar-refractivity contribution >= 4 is 21.8 Å². The molecule has 0 aliphatic heterocycles. The first-order valence-electron chi connectivity index (χ1n) is 9.57. The fraction of sp³-hybridized carbons (Fsp3) is 0.409. The largest absolute Gasteiger partial charge is 0.348 e. The molecule has 158 valence electrons. The van der Waals surface area contributed by atoms with Crippen LogP contribution in [0.4, 0.5) is 5.69 Å². The number of anilines is 1. The number of nitrogens with zero attached hydrogens (tertiary/aromatic N) is 2. The van der Waals surface area contributed by atoms with Gasteiger partial charge >= 0.3 is 10.2 Å². The van der Waals surface area contributed by atoms with E-state index in [2.05, 4.69) is 5.32 Å². The van der Waals surface area contributed by atoms with Crippen molar-refractivity contribution in [3.8, 4) is 0 Å². The number of benzene rings is 2. The van der Waals surface area contributed by atoms with Gasteiger partial charge < -0.3 is 5.32 Å². The van der Waals surface area contributed by atoms with Crippen LogP contribution in [0.3, 0.4) is 0 Å². The van der Waals surface area contributed by atoms with Crippen LogP contribution >= 0.6 is 0 Å². The summed E-state index contributed by atoms with van der Waals surface area (Å²) in [6, 6.07) is 11.4. The maximum Gasteiger partial charge on any atom is 0.304 e. The minimum atomic E-state index is -3.83. The molecule has 2 aromatic rings. The van der Waals surface area contributed by atoms with Gasteiger partial charge in [-0.05, 0) is 68.5 Å². The summed E-state index contributed by atoms with van der Waals surface area (Å²) in [5.41, 5.74) is 5.54. The molecule has 0 saturated carbocycles. The molecular formula is C22H31N3O3S. The predicted octanol–water partition coefficient (Wildman–Crippen LogP) is 3.41. The second-order valence-electron chi connectivity index (χ2n) is 7.72. The number of aryl methyl sites for hydroxylation is 4. The van der Waals surface area contributed by atoms with E-state index in [4.69, 9.17) is 0 Å². The topological polar surface area (TPSA) is 69.7 Å². The molecule has 1 atom stereocenters. The van der Waals surface area contributed by atoms with Crippen LogP contribution in [-0.4, -0.2) is 39.3 Å². The highest BCUT2D eigenvalue weighted by molar-refractivity contribution is 7.90. The average Bonchev–Trinajstić information content (AvgIpc) is 2.63. The Morgan fingerprint density at radius 1 is 0.966 bits per heavy atom. The number of rotatable bonds is 7. The lowest BCUT2D eigenvalue weighted by atomic mass is 10.0. The van der Waals surface area contributed by atoms with Crippen molar-refractivity contribution in [2.75, 3.05) is 24.9 Å². The first-order valence-corrected chi connectivity index (χ1v) is 11.0. The fourth-order valence-electron chi connectivity index (χ4n) is 3.01. The number of nitrogens with one attached hydrogen (secondary N) is 1. The standard InChI is InChI=1S/C22H31N3O3S/c1-15-8-9-17(3)21(12-15)25(29(27,28)24(6)7)14-22(26)23-19(5)20-11-10-16(2)18(4)13-20/h8-13,19H,14H2,1-7H3,(H,23,26)/t19-/m1/s1. The molecule has 0 aromatic heterocycles. The second-order valence-corrected chi connectivity index (χ2v) is 9.79. The van der Waals surface area contributed by atoms with Crippen LogP contribution in [0.2, 0.25) is 0 Å². The molecule has 0 saturated heterocycles. The first-order chi connectivity index (χ1) is 13.4. The van der Waals surface area contributed by atoms with Gasteiger partial charge in [-0.25, -0.2) is 4.31 Å². The van der Waals surface area contributed by atoms with Crippen molar-refractivity contribution in [1.82, 2.24) is 9.62 Å². The summed E-state index contributed by atoms with van der Waals surface area (Å²) in [5, 5.41) is 2.92. The lowest BCUT2D eigenvalue weighted by Crippen LogP contribution is -2.46. The van der Waals surface area contributed by atoms with Crippen molar-refractivity contribution in [3.05, 3.63) is 64.2 Å². The maximum absolute atomic E-state index is 12.9. The number of amides is 1. The van der Waals surface area contributed by atoms with E-state index in [-0.39, 0.29) is 18.5 Å². The van der Waals surface area contributed by atoms with Gasteiger partial charge in [-0.2, -0.15) is 12.7 Å². The SMILES string of the molecule is Cc1ccc(C)c(N(CC(=O)N[C@H](C)c2ccc(C)c(C)c2)S(=O)(=O)N(C)C)c1. The quantitative estimate of drug-likeness (QED) is 0.751. The van der Waals surface area contributed by atoms with Gasteiger partial charge in [-0.3, -0.25) is 4.79 Å². The Hall–Kier alpha value is -2.38. The second kappa shape index (κ2) is 8.97. The van der Waals surface area contributed by atoms with Crippen molar-refractivity contribution in [2.24, 2.45) is 0 Å². The molecule has 0 radical (unpaired) electrons. The fourth-order valence-corrected chi connectivity index (χ4v) is 4.13. The Morgan fingerprint density at radius 3 is 2.17 bits per heavy atom. The summed E-state index contributed by atoms with van der Waals surface area (Å²) in [6.45, 7) is 9.40. The molecule has 1 N–H and O–H groups in total. The molecule has 0 fully saturated rings. The van der Waals surface area contributed by atoms with Crippen LogP contribution in [0.1, 0.15) is 40.8 Å². The van der Waals surface area contributed by atoms with E-state index in [0.717, 1.165) is 30.9 Å². The highest BCUT2D eigenvalue weighted by atomic mass is 32.2. The van der Waals surface area contributed by atoms with E-state index >= 15 is 0 Å². The van der Waals surface area contributed by atoms with E-state index in [9.17, 15) is 13.2 Å². The van der Waals surface area contributed by atoms with Gasteiger partial charge in [0.2, 0.25) is 5.91 Å². The molecular weight excluding hydrogens is 386 g/mol. The van der Waals surface area contributed by atoms with Crippen LogP contribution in [0.15, 0.2) is 36.4 Å². The number of hydrogen-bond acceptors (Lipinski definition) is 3. The number of hydrogen-bond donors (Lipinski definition) is 1. The summed E-state index contributed by atoms with van der Waals surface area (Å²) < 4.78 is 28.2. The van der Waals surface area contributed by atoms with Crippen molar-refractivity contribution in [2.45, 2.75) is 40.7 Å². The molecule has 0 unspecified atom stereocenters. The Labute approximate surface area is 174 Å². The van der Waals surface area contributed by atoms with Crippen LogP contribution in [0, 0.1) is 27.7 Å². The lowest BCUT2D eigenvalue weighted by Gasteiger charge is -2.29. The zero-order valence-corrected chi connectivity index (χ0v) is 19.1. The Morgan fingerprint density at radius 2 is 1.59 bits per heavy atom. The third kappa shape index (κ3) is 5.36. The van der Waals surface area contributed by atoms with Crippen molar-refractivity contribution in [3.63, 3.8) is 0 Å². The molecule has 0 heterocycles. The van der Waals surface area contributed by atoms with Crippen LogP contribution < -0.4 is 9.62 Å². The van der Waals surface area contributed by atoms with E-state index in [1.807, 2.05) is 65.0 Å². The zero-order valence-electron chi connectivity index (χ0n) is 18.3. The molecule has 0 aliphatic carbocycles. The average molecular weight is 418 g/mol. The van der Waals surface area contributed by atoms with Gasteiger partial charge in [0.05, 0.1) is 11.7 Å². The molecule has 0 aliphatic rings. The summed E-state index contributed by atoms with van der Waals surface area (Å²) >= 11 is 0. The van der Waals surface area contributed by atoms with Crippen molar-refractivity contribution in [1.29, 1.82) is 0 Å². The molecule has 2 rings (SSSR count). The highest BCUT2D eigenvalue weighted by Crippen LogP contribution is 2.25. The lowest BCUT2D eigenvalue weighted by molar-refractivity contribution is -0.120. The van der Waals surface area contributed by atoms with Gasteiger partial charge in [0.25, 0.3) is 0 Å². The van der Waals surface area contributed by atoms with Gasteiger partial charge in [0.1, 0.15) is 6.54 Å². The molecule has 2 aromatic carbocycles. The molecule has 6 nitrogen and oxygen atoms in total. The van der Waals surface area contributed by atoms with Gasteiger partial charge in [0, 0.05) is 14.1 Å². The van der Waals surface area contributed by atoms with Crippen LogP contribution in [0.25, 0.3) is 0 Å². The van der Waals surface area contributed by atoms with E-state index in [1.165, 1.54) is 19.7 Å². The minimum absolute atomic E-state index is 0.232. The highest BCUT2D eigenvalue weighted by Gasteiger charge is 2.29. The summed E-state index contributed by atoms with van der Waals surface area (Å²) in [4.78, 5) is 12.8. The number of carbonyl (C=O) groups is 1. The summed E-state index contributed by atoms with van der Waals surface area (Å²) in [6.07, 6.45) is 0. The van der Waals surface area contributed by atoms with Crippen molar-refractivity contribution < 1.29 is 13.2 Å². The smallest absolute Gasteiger partial charge is 0.304 e. The van der Waals surface area contributed by atoms with Gasteiger partial charge in [0.15, 0.2) is 0 Å². The van der Waals surface area contributed by atoms with Crippen LogP contribution in [-0.2, 0) is 15.0 Å². The molecule has 7 heteroatoms. The maximum atomic E-state index is 12.9. The van der Waals surface area contributed by atoms with Gasteiger partial charge in [-0.1, -0.05) is 30.3 Å². The third-order valence-electron chi connectivity index (χ3n) is 5.07. The molecule has 0 bridgehead atoms. The Bertz CT molecular complexity index is 1000. The molecule has 29 heavy (non-hydrogen) atoms.